The Morgan fingerprint density at radius 2 is 2.03 bits per heavy atom. The Labute approximate surface area is 229 Å². The van der Waals surface area contributed by atoms with Crippen molar-refractivity contribution in [1.29, 1.82) is 0 Å². The Kier molecular flexibility index (Phi) is 9.43. The molecule has 0 amide bonds. The molecule has 14 heteroatoms. The summed E-state index contributed by atoms with van der Waals surface area (Å²) in [6, 6.07) is 5.56. The van der Waals surface area contributed by atoms with Crippen LogP contribution < -0.4 is 15.2 Å². The largest absolute Gasteiger partial charge is 0.495 e. The predicted octanol–water partition coefficient (Wildman–Crippen LogP) is 4.36. The number of halogens is 2. The highest BCUT2D eigenvalue weighted by Crippen LogP contribution is 2.37. The van der Waals surface area contributed by atoms with Gasteiger partial charge in [-0.15, -0.1) is 5.10 Å². The summed E-state index contributed by atoms with van der Waals surface area (Å²) in [6.45, 7) is 8.39. The first-order chi connectivity index (χ1) is 18.4. The number of nitrogens with one attached hydrogen (secondary N) is 2. The van der Waals surface area contributed by atoms with Crippen LogP contribution >= 0.6 is 11.6 Å². The van der Waals surface area contributed by atoms with Crippen LogP contribution in [0.3, 0.4) is 0 Å². The van der Waals surface area contributed by atoms with E-state index in [0.29, 0.717) is 16.7 Å². The summed E-state index contributed by atoms with van der Waals surface area (Å²) in [5.74, 6) is -2.72. The number of ether oxygens (including phenoxy) is 2. The van der Waals surface area contributed by atoms with Crippen LogP contribution in [0.5, 0.6) is 5.75 Å². The topological polar surface area (TPSA) is 148 Å². The number of hydrogen-bond acceptors (Lipinski definition) is 8. The maximum absolute atomic E-state index is 15.3. The molecule has 0 bridgehead atoms. The number of aromatic amines is 1. The van der Waals surface area contributed by atoms with Crippen LogP contribution in [0.4, 0.5) is 4.39 Å². The lowest BCUT2D eigenvalue weighted by atomic mass is 9.86. The number of amidine groups is 1. The number of nitrogens with zero attached hydrogens (tertiary/aromatic N) is 3. The van der Waals surface area contributed by atoms with Gasteiger partial charge in [0.2, 0.25) is 15.9 Å². The van der Waals surface area contributed by atoms with E-state index in [4.69, 9.17) is 25.5 Å². The number of aromatic nitrogens is 2. The summed E-state index contributed by atoms with van der Waals surface area (Å²) in [4.78, 5) is 19.3. The minimum atomic E-state index is -4.32. The van der Waals surface area contributed by atoms with Gasteiger partial charge >= 0.3 is 11.8 Å². The van der Waals surface area contributed by atoms with E-state index in [0.717, 1.165) is 0 Å². The summed E-state index contributed by atoms with van der Waals surface area (Å²) < 4.78 is 60.0. The molecule has 0 saturated heterocycles. The van der Waals surface area contributed by atoms with Gasteiger partial charge in [-0.2, -0.15) is 4.72 Å². The van der Waals surface area contributed by atoms with Crippen molar-refractivity contribution in [3.05, 3.63) is 80.5 Å². The molecule has 39 heavy (non-hydrogen) atoms. The van der Waals surface area contributed by atoms with Crippen molar-refractivity contribution in [2.45, 2.75) is 37.6 Å². The average Bonchev–Trinajstić information content (AvgIpc) is 3.33. The molecule has 1 aromatic heterocycles. The van der Waals surface area contributed by atoms with Crippen molar-refractivity contribution in [2.24, 2.45) is 9.98 Å². The summed E-state index contributed by atoms with van der Waals surface area (Å²) in [5.41, 5.74) is 1.95. The molecule has 208 valence electrons. The zero-order chi connectivity index (χ0) is 28.9. The molecule has 3 aromatic rings. The number of methoxy groups -OCH3 is 2. The van der Waals surface area contributed by atoms with Crippen molar-refractivity contribution >= 4 is 39.9 Å². The first kappa shape index (κ1) is 29.7. The van der Waals surface area contributed by atoms with Crippen LogP contribution in [0.2, 0.25) is 5.02 Å². The second-order valence-corrected chi connectivity index (χ2v) is 10.5. The lowest BCUT2D eigenvalue weighted by Gasteiger charge is -2.25. The second-order valence-electron chi connectivity index (χ2n) is 8.35. The standard InChI is InChI=1S/C25H27ClFN5O6S/c1-13(12-29-24(28-4)37-6)17-8-9-18(27)21(14(17)2)15(3)22(23-30-31-25(33)38-23)32-39(34,35)20-10-7-16(26)11-19(20)36-5/h7-12,15,22,32H,4H2,1-3,5-6H3,(H,31,33)/b13-12+,29-24?/t15-,22+/m1/s1. The molecule has 11 nitrogen and oxygen atoms in total. The molecule has 3 rings (SSSR count). The van der Waals surface area contributed by atoms with Crippen molar-refractivity contribution in [2.75, 3.05) is 14.2 Å². The zero-order valence-corrected chi connectivity index (χ0v) is 23.4. The summed E-state index contributed by atoms with van der Waals surface area (Å²) in [5, 5.41) is 6.19. The van der Waals surface area contributed by atoms with Gasteiger partial charge < -0.3 is 13.9 Å². The zero-order valence-electron chi connectivity index (χ0n) is 21.8. The van der Waals surface area contributed by atoms with E-state index in [-0.39, 0.29) is 33.1 Å². The quantitative estimate of drug-likeness (QED) is 0.282. The van der Waals surface area contributed by atoms with Crippen LogP contribution in [0.1, 0.15) is 48.4 Å². The highest BCUT2D eigenvalue weighted by atomic mass is 35.5. The van der Waals surface area contributed by atoms with Gasteiger partial charge in [0.15, 0.2) is 0 Å². The molecule has 0 fully saturated rings. The van der Waals surface area contributed by atoms with Crippen LogP contribution in [-0.2, 0) is 14.8 Å². The fourth-order valence-electron chi connectivity index (χ4n) is 4.06. The van der Waals surface area contributed by atoms with Gasteiger partial charge in [-0.1, -0.05) is 24.6 Å². The fourth-order valence-corrected chi connectivity index (χ4v) is 5.65. The van der Waals surface area contributed by atoms with Gasteiger partial charge in [0, 0.05) is 23.2 Å². The SMILES string of the molecule is C=NC(=N/C=C(\C)c1ccc(F)c([C@@H](C)[C@H](NS(=O)(=O)c2ccc(Cl)cc2OC)c2n[nH]c(=O)o2)c1C)OC. The van der Waals surface area contributed by atoms with Crippen LogP contribution in [0, 0.1) is 12.7 Å². The second kappa shape index (κ2) is 12.4. The molecule has 2 aromatic carbocycles. The fraction of sp³-hybridized carbons (Fsp3) is 0.280. The summed E-state index contributed by atoms with van der Waals surface area (Å²) in [6.07, 6.45) is 1.49. The molecule has 0 aliphatic carbocycles. The Hall–Kier alpha value is -3.81. The molecule has 0 aliphatic heterocycles. The third-order valence-electron chi connectivity index (χ3n) is 5.95. The van der Waals surface area contributed by atoms with Gasteiger partial charge in [-0.25, -0.2) is 32.7 Å². The monoisotopic (exact) mass is 579 g/mol. The van der Waals surface area contributed by atoms with Gasteiger partial charge in [-0.05, 0) is 61.0 Å². The normalized spacial score (nSPS) is 14.1. The van der Waals surface area contributed by atoms with E-state index in [1.165, 1.54) is 44.7 Å². The number of rotatable bonds is 9. The molecule has 2 atom stereocenters. The first-order valence-electron chi connectivity index (χ1n) is 11.4. The van der Waals surface area contributed by atoms with Crippen molar-refractivity contribution in [3.8, 4) is 5.75 Å². The molecule has 1 heterocycles. The van der Waals surface area contributed by atoms with Crippen molar-refractivity contribution in [3.63, 3.8) is 0 Å². The predicted molar refractivity (Wildman–Crippen MR) is 145 cm³/mol. The van der Waals surface area contributed by atoms with Crippen LogP contribution in [0.15, 0.2) is 60.6 Å². The summed E-state index contributed by atoms with van der Waals surface area (Å²) >= 11 is 5.98. The van der Waals surface area contributed by atoms with Gasteiger partial charge in [0.25, 0.3) is 0 Å². The first-order valence-corrected chi connectivity index (χ1v) is 13.3. The van der Waals surface area contributed by atoms with E-state index >= 15 is 4.39 Å². The number of hydrogen-bond donors (Lipinski definition) is 2. The number of aliphatic imine (C=N–C) groups is 2. The third kappa shape index (κ3) is 6.61. The molecule has 0 spiro atoms. The highest BCUT2D eigenvalue weighted by Gasteiger charge is 2.34. The lowest BCUT2D eigenvalue weighted by molar-refractivity contribution is 0.374. The van der Waals surface area contributed by atoms with Crippen molar-refractivity contribution < 1.29 is 26.7 Å². The Balaban J connectivity index is 2.13. The molecule has 0 radical (unpaired) electrons. The van der Waals surface area contributed by atoms with E-state index in [1.54, 1.807) is 26.8 Å². The molecule has 0 unspecified atom stereocenters. The lowest BCUT2D eigenvalue weighted by Crippen LogP contribution is -2.33. The van der Waals surface area contributed by atoms with E-state index in [9.17, 15) is 13.2 Å². The molecule has 0 aliphatic rings. The van der Waals surface area contributed by atoms with Crippen LogP contribution in [0.25, 0.3) is 5.57 Å². The number of sulfonamides is 1. The molecule has 0 saturated carbocycles. The van der Waals surface area contributed by atoms with E-state index in [2.05, 4.69) is 31.6 Å². The maximum atomic E-state index is 15.3. The van der Waals surface area contributed by atoms with E-state index in [1.807, 2.05) is 0 Å². The minimum absolute atomic E-state index is 0.0139. The Morgan fingerprint density at radius 1 is 1.31 bits per heavy atom. The Morgan fingerprint density at radius 3 is 2.62 bits per heavy atom. The number of allylic oxidation sites excluding steroid dienone is 1. The molecular weight excluding hydrogens is 553 g/mol. The van der Waals surface area contributed by atoms with Gasteiger partial charge in [0.05, 0.1) is 14.2 Å². The Bertz CT molecular complexity index is 1600. The third-order valence-corrected chi connectivity index (χ3v) is 7.66. The van der Waals surface area contributed by atoms with Crippen LogP contribution in [-0.4, -0.2) is 45.6 Å². The van der Waals surface area contributed by atoms with Gasteiger partial charge in [-0.3, -0.25) is 0 Å². The highest BCUT2D eigenvalue weighted by molar-refractivity contribution is 7.89. The van der Waals surface area contributed by atoms with Gasteiger partial charge in [0.1, 0.15) is 22.5 Å². The minimum Gasteiger partial charge on any atom is -0.495 e. The maximum Gasteiger partial charge on any atom is 0.434 e. The number of benzene rings is 2. The molecular formula is C25H27ClFN5O6S. The smallest absolute Gasteiger partial charge is 0.434 e. The number of H-pyrrole nitrogens is 1. The van der Waals surface area contributed by atoms with Crippen molar-refractivity contribution in [1.82, 2.24) is 14.9 Å². The van der Waals surface area contributed by atoms with E-state index < -0.39 is 33.6 Å². The molecule has 2 N–H and O–H groups in total. The summed E-state index contributed by atoms with van der Waals surface area (Å²) in [7, 11) is -1.63. The average molecular weight is 580 g/mol.